The molecule has 0 saturated carbocycles. The van der Waals surface area contributed by atoms with E-state index in [1.165, 1.54) is 0 Å². The molecule has 0 aliphatic heterocycles. The molecule has 2 nitrogen and oxygen atoms in total. The zero-order valence-electron chi connectivity index (χ0n) is 10.8. The number of rotatable bonds is 6. The highest BCUT2D eigenvalue weighted by molar-refractivity contribution is 6.76. The van der Waals surface area contributed by atoms with Crippen LogP contribution in [0.3, 0.4) is 0 Å². The van der Waals surface area contributed by atoms with E-state index in [1.807, 2.05) is 0 Å². The van der Waals surface area contributed by atoms with Gasteiger partial charge in [-0.1, -0.05) is 19.6 Å². The topological polar surface area (TPSA) is 18.5 Å². The van der Waals surface area contributed by atoms with Crippen LogP contribution in [0.5, 0.6) is 0 Å². The first-order valence-corrected chi connectivity index (χ1v) is 14.9. The van der Waals surface area contributed by atoms with Crippen molar-refractivity contribution in [1.82, 2.24) is 0 Å². The number of hydrogen-bond donors (Lipinski definition) is 0. The average molecular weight is 251 g/mol. The lowest BCUT2D eigenvalue weighted by Crippen LogP contribution is -2.37. The minimum absolute atomic E-state index is 0.889. The van der Waals surface area contributed by atoms with Crippen molar-refractivity contribution in [2.45, 2.75) is 45.8 Å². The summed E-state index contributed by atoms with van der Waals surface area (Å²) in [6.45, 7) is 15.9. The molecule has 0 amide bonds. The monoisotopic (exact) mass is 250 g/mol. The second kappa shape index (κ2) is 5.60. The average Bonchev–Trinajstić information content (AvgIpc) is 1.94. The van der Waals surface area contributed by atoms with Crippen molar-refractivity contribution in [3.63, 3.8) is 0 Å². The largest absolute Gasteiger partial charge is 0.421 e. The van der Waals surface area contributed by atoms with Crippen molar-refractivity contribution in [3.8, 4) is 0 Å². The summed E-state index contributed by atoms with van der Waals surface area (Å²) in [5.74, 6) is 0. The molecule has 0 heterocycles. The van der Waals surface area contributed by atoms with Gasteiger partial charge in [-0.25, -0.2) is 0 Å². The molecular formula is C9H26O2Si3. The highest BCUT2D eigenvalue weighted by Crippen LogP contribution is 2.05. The normalized spacial score (nSPS) is 15.6. The van der Waals surface area contributed by atoms with Crippen LogP contribution in [0.2, 0.25) is 45.8 Å². The van der Waals surface area contributed by atoms with Crippen molar-refractivity contribution in [2.24, 2.45) is 0 Å². The van der Waals surface area contributed by atoms with Gasteiger partial charge < -0.3 is 8.85 Å². The highest BCUT2D eigenvalue weighted by Gasteiger charge is 2.19. The van der Waals surface area contributed by atoms with Crippen LogP contribution in [0.1, 0.15) is 0 Å². The van der Waals surface area contributed by atoms with Crippen molar-refractivity contribution in [1.29, 1.82) is 0 Å². The van der Waals surface area contributed by atoms with Gasteiger partial charge in [0.25, 0.3) is 0 Å². The molecule has 0 aromatic carbocycles. The summed E-state index contributed by atoms with van der Waals surface area (Å²) in [7, 11) is -3.41. The smallest absolute Gasteiger partial charge is 0.197 e. The molecule has 0 rings (SSSR count). The van der Waals surface area contributed by atoms with E-state index in [2.05, 4.69) is 45.8 Å². The fraction of sp³-hybridized carbons (Fsp3) is 1.00. The van der Waals surface area contributed by atoms with Crippen LogP contribution >= 0.6 is 0 Å². The van der Waals surface area contributed by atoms with Crippen molar-refractivity contribution < 1.29 is 8.85 Å². The predicted octanol–water partition coefficient (Wildman–Crippen LogP) is 2.62. The predicted molar refractivity (Wildman–Crippen MR) is 71.6 cm³/mol. The zero-order valence-corrected chi connectivity index (χ0v) is 14.0. The second-order valence-electron chi connectivity index (χ2n) is 6.11. The Hall–Kier alpha value is 0.571. The molecule has 1 unspecified atom stereocenters. The van der Waals surface area contributed by atoms with Crippen LogP contribution in [-0.2, 0) is 8.85 Å². The molecule has 5 heteroatoms. The Morgan fingerprint density at radius 3 is 1.86 bits per heavy atom. The summed E-state index contributed by atoms with van der Waals surface area (Å²) in [6.07, 6.45) is 1.88. The van der Waals surface area contributed by atoms with Crippen LogP contribution in [-0.4, -0.2) is 37.9 Å². The molecule has 0 aliphatic carbocycles. The lowest BCUT2D eigenvalue weighted by Gasteiger charge is -2.23. The Kier molecular flexibility index (Phi) is 5.83. The van der Waals surface area contributed by atoms with E-state index >= 15 is 0 Å². The van der Waals surface area contributed by atoms with E-state index in [1.54, 1.807) is 0 Å². The fourth-order valence-electron chi connectivity index (χ4n) is 0.808. The van der Waals surface area contributed by atoms with Gasteiger partial charge in [0, 0.05) is 12.5 Å². The van der Waals surface area contributed by atoms with Gasteiger partial charge in [0.15, 0.2) is 17.4 Å². The third kappa shape index (κ3) is 10.7. The quantitative estimate of drug-likeness (QED) is 0.675. The first kappa shape index (κ1) is 14.6. The molecule has 0 bridgehead atoms. The van der Waals surface area contributed by atoms with Gasteiger partial charge in [-0.05, 0) is 26.2 Å². The maximum atomic E-state index is 5.90. The molecule has 0 aliphatic rings. The van der Waals surface area contributed by atoms with Crippen LogP contribution in [0.4, 0.5) is 0 Å². The Morgan fingerprint density at radius 1 is 1.00 bits per heavy atom. The van der Waals surface area contributed by atoms with Crippen LogP contribution in [0, 0.1) is 0 Å². The first-order valence-electron chi connectivity index (χ1n) is 5.36. The van der Waals surface area contributed by atoms with E-state index < -0.39 is 25.4 Å². The van der Waals surface area contributed by atoms with Gasteiger partial charge >= 0.3 is 0 Å². The Morgan fingerprint density at radius 2 is 1.50 bits per heavy atom. The van der Waals surface area contributed by atoms with E-state index in [0.717, 1.165) is 12.5 Å². The Labute approximate surface area is 92.9 Å². The van der Waals surface area contributed by atoms with Gasteiger partial charge in [-0.15, -0.1) is 0 Å². The lowest BCUT2D eigenvalue weighted by atomic mass is 11.6. The molecule has 0 saturated heterocycles. The van der Waals surface area contributed by atoms with E-state index in [4.69, 9.17) is 8.85 Å². The highest BCUT2D eigenvalue weighted by atomic mass is 28.4. The van der Waals surface area contributed by atoms with E-state index in [9.17, 15) is 0 Å². The molecule has 0 fully saturated rings. The summed E-state index contributed by atoms with van der Waals surface area (Å²) in [6, 6.07) is 0. The third-order valence-corrected chi connectivity index (χ3v) is 5.66. The minimum Gasteiger partial charge on any atom is -0.421 e. The van der Waals surface area contributed by atoms with Crippen molar-refractivity contribution in [2.75, 3.05) is 12.5 Å². The molecular weight excluding hydrogens is 224 g/mol. The molecule has 14 heavy (non-hydrogen) atoms. The summed E-state index contributed by atoms with van der Waals surface area (Å²) < 4.78 is 11.7. The van der Waals surface area contributed by atoms with Gasteiger partial charge in [0.05, 0.1) is 8.07 Å². The second-order valence-corrected chi connectivity index (χ2v) is 18.3. The van der Waals surface area contributed by atoms with Crippen LogP contribution < -0.4 is 0 Å². The minimum atomic E-state index is -1.33. The first-order chi connectivity index (χ1) is 6.10. The Bertz CT molecular complexity index is 142. The summed E-state index contributed by atoms with van der Waals surface area (Å²) in [5, 5.41) is 0. The molecule has 1 atom stereocenters. The molecule has 0 aromatic rings. The van der Waals surface area contributed by atoms with Crippen LogP contribution in [0.15, 0.2) is 0 Å². The molecule has 0 aromatic heterocycles. The molecule has 0 spiro atoms. The van der Waals surface area contributed by atoms with Gasteiger partial charge in [-0.2, -0.15) is 0 Å². The standard InChI is InChI=1S/C9H26O2Si3/c1-12(8-11-14(5,6)7)10-9-13(2,3)4/h12H,8-9H2,1-7H3. The van der Waals surface area contributed by atoms with Crippen molar-refractivity contribution in [3.05, 3.63) is 0 Å². The molecule has 86 valence electrons. The van der Waals surface area contributed by atoms with Gasteiger partial charge in [0.2, 0.25) is 0 Å². The van der Waals surface area contributed by atoms with E-state index in [0.29, 0.717) is 0 Å². The summed E-state index contributed by atoms with van der Waals surface area (Å²) in [5.41, 5.74) is 0. The summed E-state index contributed by atoms with van der Waals surface area (Å²) in [4.78, 5) is 0. The maximum Gasteiger partial charge on any atom is 0.197 e. The zero-order chi connectivity index (χ0) is 11.4. The fourth-order valence-corrected chi connectivity index (χ4v) is 6.98. The summed E-state index contributed by atoms with van der Waals surface area (Å²) >= 11 is 0. The van der Waals surface area contributed by atoms with Gasteiger partial charge in [0.1, 0.15) is 0 Å². The van der Waals surface area contributed by atoms with E-state index in [-0.39, 0.29) is 0 Å². The van der Waals surface area contributed by atoms with Crippen molar-refractivity contribution >= 4 is 25.4 Å². The number of hydrogen-bond acceptors (Lipinski definition) is 2. The third-order valence-electron chi connectivity index (χ3n) is 1.55. The Balaban J connectivity index is 3.62. The van der Waals surface area contributed by atoms with Crippen LogP contribution in [0.25, 0.3) is 0 Å². The molecule has 0 radical (unpaired) electrons. The van der Waals surface area contributed by atoms with Gasteiger partial charge in [-0.3, -0.25) is 0 Å². The maximum absolute atomic E-state index is 5.90. The SMILES string of the molecule is C[SiH](CO[Si](C)(C)C)OC[Si](C)(C)C. The molecule has 0 N–H and O–H groups in total. The lowest BCUT2D eigenvalue weighted by molar-refractivity contribution is 0.317.